The summed E-state index contributed by atoms with van der Waals surface area (Å²) >= 11 is 4.17. The molecule has 1 aromatic rings. The van der Waals surface area contributed by atoms with Crippen molar-refractivity contribution in [2.75, 3.05) is 0 Å². The molecular formula is C18H26O4S. The second-order valence-corrected chi connectivity index (χ2v) is 6.28. The van der Waals surface area contributed by atoms with E-state index in [1.165, 1.54) is 19.3 Å². The Morgan fingerprint density at radius 2 is 1.70 bits per heavy atom. The van der Waals surface area contributed by atoms with Crippen molar-refractivity contribution in [3.63, 3.8) is 0 Å². The van der Waals surface area contributed by atoms with Crippen LogP contribution in [0.3, 0.4) is 0 Å². The molecule has 0 amide bonds. The second-order valence-electron chi connectivity index (χ2n) is 5.77. The highest BCUT2D eigenvalue weighted by Gasteiger charge is 2.23. The van der Waals surface area contributed by atoms with Gasteiger partial charge in [-0.3, -0.25) is 9.59 Å². The summed E-state index contributed by atoms with van der Waals surface area (Å²) in [6.45, 7) is 2.17. The molecule has 0 radical (unpaired) electrons. The molecule has 0 spiro atoms. The van der Waals surface area contributed by atoms with Gasteiger partial charge >= 0.3 is 11.9 Å². The van der Waals surface area contributed by atoms with Crippen molar-refractivity contribution in [1.82, 2.24) is 0 Å². The third-order valence-corrected chi connectivity index (χ3v) is 4.01. The molecule has 0 heterocycles. The van der Waals surface area contributed by atoms with E-state index in [2.05, 4.69) is 19.6 Å². The quantitative estimate of drug-likeness (QED) is 0.265. The average molecular weight is 338 g/mol. The van der Waals surface area contributed by atoms with E-state index in [0.717, 1.165) is 24.2 Å². The van der Waals surface area contributed by atoms with Crippen molar-refractivity contribution in [3.8, 4) is 5.75 Å². The number of carboxylic acid groups (broad SMARTS) is 1. The van der Waals surface area contributed by atoms with E-state index in [-0.39, 0.29) is 6.42 Å². The molecule has 0 aliphatic heterocycles. The molecule has 5 heteroatoms. The fourth-order valence-electron chi connectivity index (χ4n) is 2.40. The van der Waals surface area contributed by atoms with Crippen LogP contribution in [0, 0.1) is 5.92 Å². The lowest BCUT2D eigenvalue weighted by Crippen LogP contribution is -2.23. The molecule has 1 rings (SSSR count). The van der Waals surface area contributed by atoms with Crippen LogP contribution < -0.4 is 4.74 Å². The topological polar surface area (TPSA) is 63.6 Å². The number of benzene rings is 1. The average Bonchev–Trinajstić information content (AvgIpc) is 2.51. The van der Waals surface area contributed by atoms with Gasteiger partial charge in [0.2, 0.25) is 0 Å². The smallest absolute Gasteiger partial charge is 0.314 e. The molecule has 0 saturated carbocycles. The van der Waals surface area contributed by atoms with Crippen LogP contribution in [0.5, 0.6) is 5.75 Å². The van der Waals surface area contributed by atoms with Gasteiger partial charge < -0.3 is 9.84 Å². The lowest BCUT2D eigenvalue weighted by molar-refractivity contribution is -0.146. The number of carboxylic acids is 1. The van der Waals surface area contributed by atoms with Gasteiger partial charge in [-0.25, -0.2) is 0 Å². The number of esters is 1. The van der Waals surface area contributed by atoms with Gasteiger partial charge in [-0.05, 0) is 30.7 Å². The van der Waals surface area contributed by atoms with E-state index in [1.54, 1.807) is 24.3 Å². The minimum Gasteiger partial charge on any atom is -0.481 e. The van der Waals surface area contributed by atoms with E-state index in [1.807, 2.05) is 0 Å². The minimum absolute atomic E-state index is 0.182. The number of unbranched alkanes of at least 4 members (excludes halogenated alkanes) is 5. The van der Waals surface area contributed by atoms with Gasteiger partial charge in [-0.2, -0.15) is 0 Å². The lowest BCUT2D eigenvalue weighted by Gasteiger charge is -2.14. The van der Waals surface area contributed by atoms with E-state index in [4.69, 9.17) is 9.84 Å². The zero-order chi connectivity index (χ0) is 17.1. The van der Waals surface area contributed by atoms with Crippen LogP contribution in [-0.2, 0) is 9.59 Å². The normalized spacial score (nSPS) is 11.9. The molecule has 1 N–H and O–H groups in total. The molecule has 0 bridgehead atoms. The molecule has 128 valence electrons. The highest BCUT2D eigenvalue weighted by Crippen LogP contribution is 2.20. The number of hydrogen-bond donors (Lipinski definition) is 2. The number of carbonyl (C=O) groups excluding carboxylic acids is 1. The zero-order valence-corrected chi connectivity index (χ0v) is 14.6. The fraction of sp³-hybridized carbons (Fsp3) is 0.556. The monoisotopic (exact) mass is 338 g/mol. The van der Waals surface area contributed by atoms with Crippen molar-refractivity contribution < 1.29 is 19.4 Å². The third kappa shape index (κ3) is 8.65. The summed E-state index contributed by atoms with van der Waals surface area (Å²) in [5, 5.41) is 8.99. The first-order chi connectivity index (χ1) is 11.0. The maximum Gasteiger partial charge on any atom is 0.314 e. The molecule has 0 aliphatic rings. The SMILES string of the molecule is CCCCCCCCC(CC(=O)O)C(=O)Oc1ccc(S)cc1. The number of carbonyl (C=O) groups is 2. The molecule has 0 aromatic heterocycles. The number of ether oxygens (including phenoxy) is 1. The van der Waals surface area contributed by atoms with E-state index >= 15 is 0 Å². The Kier molecular flexibility index (Phi) is 9.45. The largest absolute Gasteiger partial charge is 0.481 e. The Morgan fingerprint density at radius 1 is 1.09 bits per heavy atom. The molecule has 0 saturated heterocycles. The molecule has 0 fully saturated rings. The van der Waals surface area contributed by atoms with Crippen molar-refractivity contribution >= 4 is 24.6 Å². The van der Waals surface area contributed by atoms with Gasteiger partial charge in [0.15, 0.2) is 0 Å². The Hall–Kier alpha value is -1.49. The van der Waals surface area contributed by atoms with Gasteiger partial charge in [0, 0.05) is 4.90 Å². The molecule has 1 aromatic carbocycles. The van der Waals surface area contributed by atoms with Crippen molar-refractivity contribution in [2.45, 2.75) is 63.2 Å². The summed E-state index contributed by atoms with van der Waals surface area (Å²) in [6.07, 6.45) is 7.00. The van der Waals surface area contributed by atoms with Crippen LogP contribution in [0.1, 0.15) is 58.3 Å². The number of hydrogen-bond acceptors (Lipinski definition) is 4. The van der Waals surface area contributed by atoms with Crippen molar-refractivity contribution in [1.29, 1.82) is 0 Å². The van der Waals surface area contributed by atoms with Crippen LogP contribution in [0.15, 0.2) is 29.2 Å². The van der Waals surface area contributed by atoms with Crippen molar-refractivity contribution in [2.24, 2.45) is 5.92 Å². The highest BCUT2D eigenvalue weighted by molar-refractivity contribution is 7.80. The van der Waals surface area contributed by atoms with Crippen LogP contribution in [0.4, 0.5) is 0 Å². The van der Waals surface area contributed by atoms with Crippen LogP contribution in [-0.4, -0.2) is 17.0 Å². The van der Waals surface area contributed by atoms with Crippen LogP contribution in [0.25, 0.3) is 0 Å². The minimum atomic E-state index is -0.969. The number of rotatable bonds is 11. The van der Waals surface area contributed by atoms with E-state index in [9.17, 15) is 9.59 Å². The summed E-state index contributed by atoms with van der Waals surface area (Å²) < 4.78 is 5.29. The van der Waals surface area contributed by atoms with Gasteiger partial charge in [-0.1, -0.05) is 45.4 Å². The standard InChI is InChI=1S/C18H26O4S/c1-2-3-4-5-6-7-8-14(13-17(19)20)18(21)22-15-9-11-16(23)12-10-15/h9-12,14,23H,2-8,13H2,1H3,(H,19,20). The van der Waals surface area contributed by atoms with Crippen LogP contribution in [0.2, 0.25) is 0 Å². The molecule has 1 unspecified atom stereocenters. The predicted octanol–water partition coefficient (Wildman–Crippen LogP) is 4.72. The lowest BCUT2D eigenvalue weighted by atomic mass is 9.97. The van der Waals surface area contributed by atoms with Gasteiger partial charge in [-0.15, -0.1) is 12.6 Å². The summed E-state index contributed by atoms with van der Waals surface area (Å²) in [5.41, 5.74) is 0. The maximum atomic E-state index is 12.2. The Bertz CT molecular complexity index is 484. The molecule has 1 atom stereocenters. The highest BCUT2D eigenvalue weighted by atomic mass is 32.1. The zero-order valence-electron chi connectivity index (χ0n) is 13.7. The molecular weight excluding hydrogens is 312 g/mol. The van der Waals surface area contributed by atoms with Gasteiger partial charge in [0.25, 0.3) is 0 Å². The Morgan fingerprint density at radius 3 is 2.30 bits per heavy atom. The Labute approximate surface area is 143 Å². The molecule has 23 heavy (non-hydrogen) atoms. The van der Waals surface area contributed by atoms with E-state index < -0.39 is 17.9 Å². The predicted molar refractivity (Wildman–Crippen MR) is 93.1 cm³/mol. The van der Waals surface area contributed by atoms with E-state index in [0.29, 0.717) is 12.2 Å². The molecule has 0 aliphatic carbocycles. The van der Waals surface area contributed by atoms with Crippen molar-refractivity contribution in [3.05, 3.63) is 24.3 Å². The number of thiol groups is 1. The first-order valence-electron chi connectivity index (χ1n) is 8.25. The first-order valence-corrected chi connectivity index (χ1v) is 8.70. The summed E-state index contributed by atoms with van der Waals surface area (Å²) in [5.74, 6) is -1.60. The summed E-state index contributed by atoms with van der Waals surface area (Å²) in [6, 6.07) is 6.77. The second kappa shape index (κ2) is 11.1. The first kappa shape index (κ1) is 19.6. The Balaban J connectivity index is 2.46. The van der Waals surface area contributed by atoms with Crippen LogP contribution >= 0.6 is 12.6 Å². The molecule has 4 nitrogen and oxygen atoms in total. The van der Waals surface area contributed by atoms with Gasteiger partial charge in [0.05, 0.1) is 12.3 Å². The summed E-state index contributed by atoms with van der Waals surface area (Å²) in [7, 11) is 0. The third-order valence-electron chi connectivity index (χ3n) is 3.72. The fourth-order valence-corrected chi connectivity index (χ4v) is 2.55. The summed E-state index contributed by atoms with van der Waals surface area (Å²) in [4.78, 5) is 23.9. The van der Waals surface area contributed by atoms with Gasteiger partial charge in [0.1, 0.15) is 5.75 Å². The number of aliphatic carboxylic acids is 1. The maximum absolute atomic E-state index is 12.2.